The topological polar surface area (TPSA) is 91.9 Å². The van der Waals surface area contributed by atoms with E-state index in [9.17, 15) is 13.2 Å². The minimum Gasteiger partial charge on any atom is -0.348 e. The fraction of sp³-hybridized carbons (Fsp3) is 0.385. The molecular formula is C13H15N3O3S. The van der Waals surface area contributed by atoms with Gasteiger partial charge in [0.25, 0.3) is 5.91 Å². The summed E-state index contributed by atoms with van der Waals surface area (Å²) >= 11 is 0. The molecule has 1 saturated heterocycles. The normalized spacial score (nSPS) is 19.0. The Bertz CT molecular complexity index is 737. The quantitative estimate of drug-likeness (QED) is 0.859. The van der Waals surface area contributed by atoms with Crippen molar-refractivity contribution in [2.45, 2.75) is 18.9 Å². The van der Waals surface area contributed by atoms with Gasteiger partial charge in [0.1, 0.15) is 9.84 Å². The van der Waals surface area contributed by atoms with E-state index in [1.807, 2.05) is 24.3 Å². The number of rotatable bonds is 2. The number of hydrogen-bond acceptors (Lipinski definition) is 4. The molecule has 1 aliphatic heterocycles. The number of amides is 1. The lowest BCUT2D eigenvalue weighted by atomic mass is 10.1. The van der Waals surface area contributed by atoms with Crippen LogP contribution in [0, 0.1) is 0 Å². The molecule has 1 aromatic carbocycles. The molecule has 2 heterocycles. The lowest BCUT2D eigenvalue weighted by molar-refractivity contribution is 0.0931. The molecule has 0 unspecified atom stereocenters. The van der Waals surface area contributed by atoms with Gasteiger partial charge in [-0.05, 0) is 18.9 Å². The van der Waals surface area contributed by atoms with Gasteiger partial charge in [-0.2, -0.15) is 5.10 Å². The average molecular weight is 293 g/mol. The molecule has 1 aromatic heterocycles. The minimum atomic E-state index is -2.91. The SMILES string of the molecule is O=C(NC1CCS(=O)(=O)CC1)c1n[nH]c2ccccc12. The third-order valence-corrected chi connectivity index (χ3v) is 5.29. The van der Waals surface area contributed by atoms with Gasteiger partial charge in [0.2, 0.25) is 0 Å². The van der Waals surface area contributed by atoms with E-state index in [4.69, 9.17) is 0 Å². The Labute approximate surface area is 116 Å². The number of nitrogens with one attached hydrogen (secondary N) is 2. The van der Waals surface area contributed by atoms with Crippen molar-refractivity contribution >= 4 is 26.6 Å². The fourth-order valence-corrected chi connectivity index (χ4v) is 3.92. The second kappa shape index (κ2) is 4.90. The molecule has 7 heteroatoms. The van der Waals surface area contributed by atoms with Crippen molar-refractivity contribution < 1.29 is 13.2 Å². The summed E-state index contributed by atoms with van der Waals surface area (Å²) in [7, 11) is -2.91. The fourth-order valence-electron chi connectivity index (χ4n) is 2.42. The van der Waals surface area contributed by atoms with E-state index in [1.54, 1.807) is 0 Å². The number of hydrogen-bond donors (Lipinski definition) is 2. The van der Waals surface area contributed by atoms with Crippen LogP contribution in [0.5, 0.6) is 0 Å². The van der Waals surface area contributed by atoms with Gasteiger partial charge >= 0.3 is 0 Å². The molecule has 0 aliphatic carbocycles. The van der Waals surface area contributed by atoms with Crippen molar-refractivity contribution in [2.75, 3.05) is 11.5 Å². The first kappa shape index (κ1) is 13.1. The van der Waals surface area contributed by atoms with Gasteiger partial charge in [0.05, 0.1) is 17.0 Å². The summed E-state index contributed by atoms with van der Waals surface area (Å²) < 4.78 is 22.7. The number of carbonyl (C=O) groups excluding carboxylic acids is 1. The maximum absolute atomic E-state index is 12.2. The molecule has 1 amide bonds. The number of fused-ring (bicyclic) bond motifs is 1. The molecule has 6 nitrogen and oxygen atoms in total. The zero-order valence-corrected chi connectivity index (χ0v) is 11.6. The molecule has 1 aliphatic rings. The Morgan fingerprint density at radius 2 is 1.95 bits per heavy atom. The second-order valence-corrected chi connectivity index (χ2v) is 7.32. The molecule has 0 bridgehead atoms. The van der Waals surface area contributed by atoms with Gasteiger partial charge in [0, 0.05) is 11.4 Å². The monoisotopic (exact) mass is 293 g/mol. The first-order chi connectivity index (χ1) is 9.55. The maximum atomic E-state index is 12.2. The summed E-state index contributed by atoms with van der Waals surface area (Å²) in [5, 5.41) is 10.5. The van der Waals surface area contributed by atoms with E-state index in [1.165, 1.54) is 0 Å². The molecule has 20 heavy (non-hydrogen) atoms. The van der Waals surface area contributed by atoms with Crippen LogP contribution < -0.4 is 5.32 Å². The molecule has 0 saturated carbocycles. The van der Waals surface area contributed by atoms with Crippen LogP contribution in [0.1, 0.15) is 23.3 Å². The van der Waals surface area contributed by atoms with E-state index >= 15 is 0 Å². The highest BCUT2D eigenvalue weighted by Crippen LogP contribution is 2.17. The van der Waals surface area contributed by atoms with Crippen LogP contribution in [0.25, 0.3) is 10.9 Å². The van der Waals surface area contributed by atoms with Crippen LogP contribution >= 0.6 is 0 Å². The van der Waals surface area contributed by atoms with Crippen molar-refractivity contribution in [2.24, 2.45) is 0 Å². The smallest absolute Gasteiger partial charge is 0.272 e. The van der Waals surface area contributed by atoms with Gasteiger partial charge in [-0.25, -0.2) is 8.42 Å². The lowest BCUT2D eigenvalue weighted by Gasteiger charge is -2.22. The molecule has 0 atom stereocenters. The van der Waals surface area contributed by atoms with Gasteiger partial charge in [-0.15, -0.1) is 0 Å². The number of para-hydroxylation sites is 1. The van der Waals surface area contributed by atoms with Crippen LogP contribution in [0.4, 0.5) is 0 Å². The predicted octanol–water partition coefficient (Wildman–Crippen LogP) is 0.870. The van der Waals surface area contributed by atoms with Gasteiger partial charge in [-0.1, -0.05) is 18.2 Å². The zero-order valence-electron chi connectivity index (χ0n) is 10.8. The summed E-state index contributed by atoms with van der Waals surface area (Å²) in [5.74, 6) is 0.0187. The molecule has 3 rings (SSSR count). The van der Waals surface area contributed by atoms with Crippen LogP contribution in [0.15, 0.2) is 24.3 Å². The lowest BCUT2D eigenvalue weighted by Crippen LogP contribution is -2.41. The van der Waals surface area contributed by atoms with E-state index in [-0.39, 0.29) is 23.5 Å². The summed E-state index contributed by atoms with van der Waals surface area (Å²) in [6.07, 6.45) is 0.937. The summed E-state index contributed by atoms with van der Waals surface area (Å²) in [6, 6.07) is 7.31. The number of benzene rings is 1. The standard InChI is InChI=1S/C13H15N3O3S/c17-13(14-9-5-7-20(18,19)8-6-9)12-10-3-1-2-4-11(10)15-16-12/h1-4,9H,5-8H2,(H,14,17)(H,15,16). The Morgan fingerprint density at radius 3 is 2.70 bits per heavy atom. The Kier molecular flexibility index (Phi) is 3.21. The molecule has 0 spiro atoms. The average Bonchev–Trinajstić information content (AvgIpc) is 2.85. The summed E-state index contributed by atoms with van der Waals surface area (Å²) in [6.45, 7) is 0. The van der Waals surface area contributed by atoms with Crippen molar-refractivity contribution in [3.63, 3.8) is 0 Å². The number of nitrogens with zero attached hydrogens (tertiary/aromatic N) is 1. The molecule has 0 radical (unpaired) electrons. The van der Waals surface area contributed by atoms with Gasteiger partial charge in [0.15, 0.2) is 5.69 Å². The van der Waals surface area contributed by atoms with E-state index in [2.05, 4.69) is 15.5 Å². The number of sulfone groups is 1. The largest absolute Gasteiger partial charge is 0.348 e. The Morgan fingerprint density at radius 1 is 1.25 bits per heavy atom. The van der Waals surface area contributed by atoms with Crippen LogP contribution in [-0.4, -0.2) is 42.1 Å². The minimum absolute atomic E-state index is 0.0958. The van der Waals surface area contributed by atoms with Crippen molar-refractivity contribution in [1.82, 2.24) is 15.5 Å². The number of aromatic amines is 1. The van der Waals surface area contributed by atoms with Crippen molar-refractivity contribution in [3.05, 3.63) is 30.0 Å². The molecule has 2 aromatic rings. The second-order valence-electron chi connectivity index (χ2n) is 5.02. The number of carbonyl (C=O) groups is 1. The molecule has 2 N–H and O–H groups in total. The zero-order chi connectivity index (χ0) is 14.2. The van der Waals surface area contributed by atoms with Gasteiger partial charge < -0.3 is 5.32 Å². The highest BCUT2D eigenvalue weighted by molar-refractivity contribution is 7.91. The maximum Gasteiger partial charge on any atom is 0.272 e. The highest BCUT2D eigenvalue weighted by atomic mass is 32.2. The molecular weight excluding hydrogens is 278 g/mol. The third-order valence-electron chi connectivity index (χ3n) is 3.58. The van der Waals surface area contributed by atoms with Crippen LogP contribution in [0.3, 0.4) is 0 Å². The molecule has 106 valence electrons. The van der Waals surface area contributed by atoms with E-state index < -0.39 is 9.84 Å². The molecule has 1 fully saturated rings. The van der Waals surface area contributed by atoms with Crippen molar-refractivity contribution in [1.29, 1.82) is 0 Å². The van der Waals surface area contributed by atoms with Crippen LogP contribution in [0.2, 0.25) is 0 Å². The number of H-pyrrole nitrogens is 1. The summed E-state index contributed by atoms with van der Waals surface area (Å²) in [5.41, 5.74) is 1.16. The predicted molar refractivity (Wildman–Crippen MR) is 75.2 cm³/mol. The summed E-state index contributed by atoms with van der Waals surface area (Å²) in [4.78, 5) is 12.2. The van der Waals surface area contributed by atoms with Gasteiger partial charge in [-0.3, -0.25) is 9.89 Å². The number of aromatic nitrogens is 2. The first-order valence-corrected chi connectivity index (χ1v) is 8.32. The van der Waals surface area contributed by atoms with E-state index in [0.29, 0.717) is 18.5 Å². The van der Waals surface area contributed by atoms with Crippen molar-refractivity contribution in [3.8, 4) is 0 Å². The Hall–Kier alpha value is -1.89. The highest BCUT2D eigenvalue weighted by Gasteiger charge is 2.26. The third kappa shape index (κ3) is 2.53. The van der Waals surface area contributed by atoms with E-state index in [0.717, 1.165) is 10.9 Å². The Balaban J connectivity index is 1.74. The van der Waals surface area contributed by atoms with Crippen LogP contribution in [-0.2, 0) is 9.84 Å². The first-order valence-electron chi connectivity index (χ1n) is 6.49.